The van der Waals surface area contributed by atoms with Crippen LogP contribution in [-0.4, -0.2) is 40.5 Å². The summed E-state index contributed by atoms with van der Waals surface area (Å²) in [6.07, 6.45) is 2.07. The lowest BCUT2D eigenvalue weighted by Crippen LogP contribution is -2.48. The Morgan fingerprint density at radius 1 is 1.04 bits per heavy atom. The highest BCUT2D eigenvalue weighted by Crippen LogP contribution is 2.41. The second-order valence-electron chi connectivity index (χ2n) is 11.4. The molecule has 10 heteroatoms. The van der Waals surface area contributed by atoms with Gasteiger partial charge in [-0.05, 0) is 53.0 Å². The van der Waals surface area contributed by atoms with Crippen molar-refractivity contribution in [3.63, 3.8) is 0 Å². The summed E-state index contributed by atoms with van der Waals surface area (Å²) in [5.74, 6) is -0.683. The fourth-order valence-corrected chi connectivity index (χ4v) is 5.76. The molecule has 1 heterocycles. The number of carbonyl (C=O) groups excluding carboxylic acids is 3. The van der Waals surface area contributed by atoms with Crippen molar-refractivity contribution >= 4 is 23.5 Å². The third kappa shape index (κ3) is 8.37. The smallest absolute Gasteiger partial charge is 0.332 e. The van der Waals surface area contributed by atoms with Crippen molar-refractivity contribution in [2.75, 3.05) is 6.61 Å². The van der Waals surface area contributed by atoms with E-state index in [-0.39, 0.29) is 37.1 Å². The summed E-state index contributed by atoms with van der Waals surface area (Å²) < 4.78 is 5.80. The molecule has 5 rings (SSSR count). The quantitative estimate of drug-likeness (QED) is 0.184. The van der Waals surface area contributed by atoms with E-state index in [4.69, 9.17) is 9.57 Å². The van der Waals surface area contributed by atoms with Gasteiger partial charge in [-0.25, -0.2) is 4.79 Å². The highest BCUT2D eigenvalue weighted by Gasteiger charge is 2.45. The Morgan fingerprint density at radius 2 is 1.76 bits per heavy atom. The van der Waals surface area contributed by atoms with Crippen molar-refractivity contribution in [2.45, 2.75) is 90.8 Å². The largest absolute Gasteiger partial charge is 0.365 e. The van der Waals surface area contributed by atoms with Gasteiger partial charge in [0.1, 0.15) is 12.6 Å². The third-order valence-electron chi connectivity index (χ3n) is 8.50. The molecule has 1 aliphatic carbocycles. The fourth-order valence-electron chi connectivity index (χ4n) is 5.76. The van der Waals surface area contributed by atoms with Gasteiger partial charge < -0.3 is 14.9 Å². The number of aryl methyl sites for hydroxylation is 2. The molecule has 0 saturated carbocycles. The lowest BCUT2D eigenvalue weighted by atomic mass is 9.97. The predicted molar refractivity (Wildman–Crippen MR) is 174 cm³/mol. The molecule has 2 amide bonds. The molecule has 1 saturated heterocycles. The number of para-hydroxylation sites is 1. The van der Waals surface area contributed by atoms with E-state index in [1.807, 2.05) is 32.0 Å². The molecule has 244 valence electrons. The molecule has 1 aliphatic heterocycles. The Labute approximate surface area is 270 Å². The average Bonchev–Trinajstić information content (AvgIpc) is 3.45. The summed E-state index contributed by atoms with van der Waals surface area (Å²) in [4.78, 5) is 54.7. The number of hydroxylamine groups is 2. The lowest BCUT2D eigenvalue weighted by Gasteiger charge is -2.35. The first-order valence-electron chi connectivity index (χ1n) is 16.1. The number of fused-ring (bicyclic) bond motifs is 3. The second kappa shape index (κ2) is 16.1. The van der Waals surface area contributed by atoms with E-state index in [9.17, 15) is 24.5 Å². The highest BCUT2D eigenvalue weighted by molar-refractivity contribution is 5.81. The van der Waals surface area contributed by atoms with Crippen molar-refractivity contribution in [1.82, 2.24) is 10.4 Å². The normalized spacial score (nSPS) is 17.2. The van der Waals surface area contributed by atoms with Crippen LogP contribution in [0, 0.1) is 10.1 Å². The van der Waals surface area contributed by atoms with Crippen LogP contribution in [0.2, 0.25) is 0 Å². The van der Waals surface area contributed by atoms with Gasteiger partial charge >= 0.3 is 5.97 Å². The molecule has 46 heavy (non-hydrogen) atoms. The first-order valence-corrected chi connectivity index (χ1v) is 16.1. The zero-order valence-corrected chi connectivity index (χ0v) is 27.0. The molecule has 0 aromatic heterocycles. The summed E-state index contributed by atoms with van der Waals surface area (Å²) in [5.41, 5.74) is 5.44. The number of amides is 2. The molecule has 3 atom stereocenters. The van der Waals surface area contributed by atoms with Crippen LogP contribution in [0.3, 0.4) is 0 Å². The van der Waals surface area contributed by atoms with Crippen LogP contribution in [0.15, 0.2) is 66.7 Å². The number of nitro benzene ring substituents is 1. The van der Waals surface area contributed by atoms with Gasteiger partial charge in [-0.3, -0.25) is 19.7 Å². The van der Waals surface area contributed by atoms with E-state index < -0.39 is 22.8 Å². The molecule has 3 aromatic carbocycles. The Morgan fingerprint density at radius 3 is 2.48 bits per heavy atom. The van der Waals surface area contributed by atoms with E-state index in [0.29, 0.717) is 37.3 Å². The van der Waals surface area contributed by atoms with Crippen molar-refractivity contribution in [3.8, 4) is 0 Å². The number of nitrogens with zero attached hydrogens (tertiary/aromatic N) is 2. The Balaban J connectivity index is 0.00000235. The monoisotopic (exact) mass is 629 g/mol. The summed E-state index contributed by atoms with van der Waals surface area (Å²) in [7, 11) is 0. The Bertz CT molecular complexity index is 1540. The number of rotatable bonds is 12. The number of hydrogen-bond acceptors (Lipinski definition) is 7. The van der Waals surface area contributed by atoms with Crippen molar-refractivity contribution < 1.29 is 28.9 Å². The first kappa shape index (κ1) is 34.3. The predicted octanol–water partition coefficient (Wildman–Crippen LogP) is 6.30. The number of ether oxygens (including phenoxy) is 1. The number of carbonyl (C=O) groups is 3. The second-order valence-corrected chi connectivity index (χ2v) is 11.4. The molecule has 2 unspecified atom stereocenters. The fraction of sp³-hybridized carbons (Fsp3) is 0.417. The van der Waals surface area contributed by atoms with Crippen LogP contribution in [0.25, 0.3) is 0 Å². The zero-order chi connectivity index (χ0) is 33.2. The Hall–Kier alpha value is -4.57. The molecule has 0 radical (unpaired) electrons. The van der Waals surface area contributed by atoms with Gasteiger partial charge in [0.05, 0.1) is 17.4 Å². The number of benzene rings is 3. The topological polar surface area (TPSA) is 128 Å². The molecule has 0 spiro atoms. The summed E-state index contributed by atoms with van der Waals surface area (Å²) in [5, 5.41) is 15.4. The van der Waals surface area contributed by atoms with Crippen LogP contribution in [0.1, 0.15) is 92.3 Å². The molecule has 3 aromatic rings. The molecular weight excluding hydrogens is 586 g/mol. The van der Waals surface area contributed by atoms with Gasteiger partial charge in [0.25, 0.3) is 11.6 Å². The van der Waals surface area contributed by atoms with Crippen molar-refractivity contribution in [3.05, 3.63) is 110 Å². The molecule has 1 fully saturated rings. The summed E-state index contributed by atoms with van der Waals surface area (Å²) in [6.45, 7) is 8.62. The van der Waals surface area contributed by atoms with Crippen LogP contribution in [-0.2, 0) is 49.8 Å². The zero-order valence-electron chi connectivity index (χ0n) is 27.0. The van der Waals surface area contributed by atoms with Crippen LogP contribution in [0.5, 0.6) is 0 Å². The van der Waals surface area contributed by atoms with Gasteiger partial charge in [-0.2, -0.15) is 5.06 Å². The summed E-state index contributed by atoms with van der Waals surface area (Å²) >= 11 is 0. The molecule has 1 N–H and O–H groups in total. The standard InChI is InChI=1S/C34H37N3O7.C2H6/c1-3-22(2)25-12-9-24(10-13-25)20-35-31(38)16-11-23-8-14-27-19-30-34(28(27)18-23)36(32(39)21-43-30)44-33(40)17-15-26-6-4-5-7-29(26)37(41)42;1-2/h4-10,12-14,18,22,30,34H,3,11,15-17,19-21H2,1-2H3,(H,35,38);1-2H3/t22-,30?,34?;/m1./s1. The molecule has 0 bridgehead atoms. The number of hydrogen-bond donors (Lipinski definition) is 1. The van der Waals surface area contributed by atoms with E-state index in [2.05, 4.69) is 43.4 Å². The van der Waals surface area contributed by atoms with E-state index >= 15 is 0 Å². The maximum Gasteiger partial charge on any atom is 0.332 e. The van der Waals surface area contributed by atoms with Gasteiger partial charge in [0, 0.05) is 31.0 Å². The number of nitro groups is 1. The molecule has 10 nitrogen and oxygen atoms in total. The first-order chi connectivity index (χ1) is 22.2. The third-order valence-corrected chi connectivity index (χ3v) is 8.50. The van der Waals surface area contributed by atoms with Gasteiger partial charge in [0.15, 0.2) is 0 Å². The van der Waals surface area contributed by atoms with Gasteiger partial charge in [0.2, 0.25) is 5.91 Å². The molecular formula is C36H43N3O7. The van der Waals surface area contributed by atoms with Gasteiger partial charge in [-0.15, -0.1) is 0 Å². The highest BCUT2D eigenvalue weighted by atomic mass is 16.7. The van der Waals surface area contributed by atoms with Crippen LogP contribution >= 0.6 is 0 Å². The minimum Gasteiger partial charge on any atom is -0.365 e. The summed E-state index contributed by atoms with van der Waals surface area (Å²) in [6, 6.07) is 19.9. The lowest BCUT2D eigenvalue weighted by molar-refractivity contribution is -0.385. The van der Waals surface area contributed by atoms with Crippen LogP contribution < -0.4 is 5.32 Å². The van der Waals surface area contributed by atoms with Crippen LogP contribution in [0.4, 0.5) is 5.69 Å². The van der Waals surface area contributed by atoms with Crippen molar-refractivity contribution in [2.24, 2.45) is 0 Å². The average molecular weight is 630 g/mol. The maximum atomic E-state index is 12.8. The minimum atomic E-state index is -0.659. The number of morpholine rings is 1. The number of nitrogens with one attached hydrogen (secondary N) is 1. The van der Waals surface area contributed by atoms with E-state index in [0.717, 1.165) is 33.7 Å². The van der Waals surface area contributed by atoms with Crippen molar-refractivity contribution in [1.29, 1.82) is 0 Å². The maximum absolute atomic E-state index is 12.8. The van der Waals surface area contributed by atoms with Gasteiger partial charge in [-0.1, -0.05) is 88.4 Å². The van der Waals surface area contributed by atoms with E-state index in [1.165, 1.54) is 11.6 Å². The molecule has 2 aliphatic rings. The minimum absolute atomic E-state index is 0.0558. The Kier molecular flexibility index (Phi) is 12.0. The SMILES string of the molecule is CC.CC[C@@H](C)c1ccc(CNC(=O)CCc2ccc3c(c2)C2C(C3)OCC(=O)N2OC(=O)CCc2ccccc2[N+](=O)[O-])cc1. The van der Waals surface area contributed by atoms with E-state index in [1.54, 1.807) is 18.2 Å².